The maximum Gasteiger partial charge on any atom is 0.327 e. The van der Waals surface area contributed by atoms with Gasteiger partial charge in [0.1, 0.15) is 6.04 Å². The molecule has 1 fully saturated rings. The van der Waals surface area contributed by atoms with E-state index in [4.69, 9.17) is 15.6 Å². The minimum absolute atomic E-state index is 0.386. The first kappa shape index (κ1) is 22.7. The predicted molar refractivity (Wildman–Crippen MR) is 120 cm³/mol. The predicted octanol–water partition coefficient (Wildman–Crippen LogP) is 2.22. The van der Waals surface area contributed by atoms with E-state index >= 15 is 0 Å². The summed E-state index contributed by atoms with van der Waals surface area (Å²) in [5.74, 6) is -1.62. The Kier molecular flexibility index (Phi) is 7.94. The van der Waals surface area contributed by atoms with E-state index in [1.807, 2.05) is 24.3 Å². The van der Waals surface area contributed by atoms with Gasteiger partial charge in [-0.1, -0.05) is 48.6 Å². The van der Waals surface area contributed by atoms with Crippen LogP contribution in [-0.4, -0.2) is 60.3 Å². The van der Waals surface area contributed by atoms with E-state index in [-0.39, 0.29) is 0 Å². The lowest BCUT2D eigenvalue weighted by Gasteiger charge is -2.26. The Morgan fingerprint density at radius 3 is 2.13 bits per heavy atom. The van der Waals surface area contributed by atoms with Gasteiger partial charge >= 0.3 is 5.97 Å². The Labute approximate surface area is 182 Å². The molecule has 4 N–H and O–H groups in total. The number of ether oxygens (including phenoxy) is 1. The third kappa shape index (κ3) is 6.75. The quantitative estimate of drug-likeness (QED) is 0.563. The number of carboxylic acid groups (broad SMARTS) is 1. The number of hydrogen-bond donors (Lipinski definition) is 3. The van der Waals surface area contributed by atoms with Crippen molar-refractivity contribution >= 4 is 24.0 Å². The smallest absolute Gasteiger partial charge is 0.327 e. The normalized spacial score (nSPS) is 16.7. The van der Waals surface area contributed by atoms with E-state index in [1.165, 1.54) is 5.56 Å². The molecule has 7 heteroatoms. The van der Waals surface area contributed by atoms with Crippen LogP contribution in [0.25, 0.3) is 12.2 Å². The van der Waals surface area contributed by atoms with Crippen LogP contribution in [0, 0.1) is 0 Å². The number of amides is 1. The highest BCUT2D eigenvalue weighted by molar-refractivity contribution is 5.97. The summed E-state index contributed by atoms with van der Waals surface area (Å²) in [5.41, 5.74) is 9.32. The van der Waals surface area contributed by atoms with Gasteiger partial charge in [-0.3, -0.25) is 9.69 Å². The second-order valence-corrected chi connectivity index (χ2v) is 7.73. The van der Waals surface area contributed by atoms with E-state index in [2.05, 4.69) is 34.5 Å². The molecule has 0 bridgehead atoms. The highest BCUT2D eigenvalue weighted by Gasteiger charge is 2.24. The molecule has 0 unspecified atom stereocenters. The second-order valence-electron chi connectivity index (χ2n) is 7.73. The fourth-order valence-electron chi connectivity index (χ4n) is 3.33. The van der Waals surface area contributed by atoms with Gasteiger partial charge in [-0.2, -0.15) is 0 Å². The van der Waals surface area contributed by atoms with Crippen molar-refractivity contribution in [2.45, 2.75) is 25.6 Å². The topological polar surface area (TPSA) is 105 Å². The Balaban J connectivity index is 1.56. The fourth-order valence-corrected chi connectivity index (χ4v) is 3.33. The number of nitrogens with zero attached hydrogens (tertiary/aromatic N) is 1. The highest BCUT2D eigenvalue weighted by Crippen LogP contribution is 2.13. The first-order valence-corrected chi connectivity index (χ1v) is 10.4. The number of hydrogen-bond acceptors (Lipinski definition) is 5. The Morgan fingerprint density at radius 2 is 1.61 bits per heavy atom. The average molecular weight is 424 g/mol. The van der Waals surface area contributed by atoms with Crippen LogP contribution in [0.3, 0.4) is 0 Å². The largest absolute Gasteiger partial charge is 0.480 e. The average Bonchev–Trinajstić information content (AvgIpc) is 2.77. The molecule has 31 heavy (non-hydrogen) atoms. The zero-order valence-electron chi connectivity index (χ0n) is 17.7. The molecular formula is C24H29N3O4. The SMILES string of the molecule is C[C@@H](N)[C@H](NC(=O)c1ccc(C=Cc2ccc(CN3CCOCC3)cc2)cc1)C(=O)O. The summed E-state index contributed by atoms with van der Waals surface area (Å²) < 4.78 is 5.38. The number of aliphatic carboxylic acids is 1. The van der Waals surface area contributed by atoms with E-state index in [1.54, 1.807) is 19.1 Å². The van der Waals surface area contributed by atoms with Crippen molar-refractivity contribution < 1.29 is 19.4 Å². The maximum absolute atomic E-state index is 12.3. The van der Waals surface area contributed by atoms with Crippen molar-refractivity contribution in [2.24, 2.45) is 5.73 Å². The molecule has 0 aliphatic carbocycles. The molecule has 1 saturated heterocycles. The van der Waals surface area contributed by atoms with Crippen LogP contribution in [0.2, 0.25) is 0 Å². The number of nitrogens with one attached hydrogen (secondary N) is 1. The minimum atomic E-state index is -1.15. The molecular weight excluding hydrogens is 394 g/mol. The Morgan fingerprint density at radius 1 is 1.06 bits per heavy atom. The van der Waals surface area contributed by atoms with Crippen LogP contribution in [0.15, 0.2) is 48.5 Å². The first-order valence-electron chi connectivity index (χ1n) is 10.4. The van der Waals surface area contributed by atoms with Gasteiger partial charge in [-0.05, 0) is 35.7 Å². The van der Waals surface area contributed by atoms with Gasteiger partial charge in [0.15, 0.2) is 0 Å². The van der Waals surface area contributed by atoms with Gasteiger partial charge in [0.25, 0.3) is 5.91 Å². The number of benzene rings is 2. The molecule has 0 aromatic heterocycles. The van der Waals surface area contributed by atoms with Crippen molar-refractivity contribution in [1.82, 2.24) is 10.2 Å². The van der Waals surface area contributed by atoms with Gasteiger partial charge in [0, 0.05) is 31.2 Å². The summed E-state index contributed by atoms with van der Waals surface area (Å²) in [6.07, 6.45) is 3.99. The lowest BCUT2D eigenvalue weighted by molar-refractivity contribution is -0.139. The Hall–Kier alpha value is -3.00. The third-order valence-electron chi connectivity index (χ3n) is 5.21. The summed E-state index contributed by atoms with van der Waals surface area (Å²) in [4.78, 5) is 25.9. The maximum atomic E-state index is 12.3. The number of carbonyl (C=O) groups excluding carboxylic acids is 1. The molecule has 0 saturated carbocycles. The molecule has 1 amide bonds. The molecule has 1 aliphatic rings. The van der Waals surface area contributed by atoms with Crippen molar-refractivity contribution in [1.29, 1.82) is 0 Å². The van der Waals surface area contributed by atoms with Crippen molar-refractivity contribution in [2.75, 3.05) is 26.3 Å². The van der Waals surface area contributed by atoms with E-state index < -0.39 is 24.0 Å². The van der Waals surface area contributed by atoms with Crippen LogP contribution < -0.4 is 11.1 Å². The zero-order valence-corrected chi connectivity index (χ0v) is 17.7. The molecule has 1 aliphatic heterocycles. The minimum Gasteiger partial charge on any atom is -0.480 e. The van der Waals surface area contributed by atoms with Crippen molar-refractivity contribution in [3.63, 3.8) is 0 Å². The summed E-state index contributed by atoms with van der Waals surface area (Å²) in [6.45, 7) is 6.02. The number of morpholine rings is 1. The first-order chi connectivity index (χ1) is 14.9. The van der Waals surface area contributed by atoms with E-state index in [0.29, 0.717) is 5.56 Å². The summed E-state index contributed by atoms with van der Waals surface area (Å²) in [7, 11) is 0. The highest BCUT2D eigenvalue weighted by atomic mass is 16.5. The van der Waals surface area contributed by atoms with Crippen molar-refractivity contribution in [3.8, 4) is 0 Å². The van der Waals surface area contributed by atoms with Crippen molar-refractivity contribution in [3.05, 3.63) is 70.8 Å². The molecule has 1 heterocycles. The molecule has 2 atom stereocenters. The van der Waals surface area contributed by atoms with Gasteiger partial charge in [0.2, 0.25) is 0 Å². The number of carbonyl (C=O) groups is 2. The molecule has 0 radical (unpaired) electrons. The number of carboxylic acids is 1. The monoisotopic (exact) mass is 423 g/mol. The molecule has 164 valence electrons. The van der Waals surface area contributed by atoms with Crippen LogP contribution in [-0.2, 0) is 16.1 Å². The van der Waals surface area contributed by atoms with E-state index in [0.717, 1.165) is 44.0 Å². The molecule has 2 aromatic rings. The Bertz CT molecular complexity index is 901. The molecule has 7 nitrogen and oxygen atoms in total. The van der Waals surface area contributed by atoms with Crippen LogP contribution in [0.4, 0.5) is 0 Å². The molecule has 2 aromatic carbocycles. The van der Waals surface area contributed by atoms with Crippen LogP contribution in [0.5, 0.6) is 0 Å². The number of nitrogens with two attached hydrogens (primary N) is 1. The van der Waals surface area contributed by atoms with Gasteiger partial charge < -0.3 is 20.9 Å². The summed E-state index contributed by atoms with van der Waals surface area (Å²) >= 11 is 0. The lowest BCUT2D eigenvalue weighted by atomic mass is 10.1. The summed E-state index contributed by atoms with van der Waals surface area (Å²) in [5, 5.41) is 11.6. The van der Waals surface area contributed by atoms with E-state index in [9.17, 15) is 9.59 Å². The van der Waals surface area contributed by atoms with Gasteiger partial charge in [-0.25, -0.2) is 4.79 Å². The fraction of sp³-hybridized carbons (Fsp3) is 0.333. The summed E-state index contributed by atoms with van der Waals surface area (Å²) in [6, 6.07) is 13.6. The zero-order chi connectivity index (χ0) is 22.2. The van der Waals surface area contributed by atoms with Crippen LogP contribution >= 0.6 is 0 Å². The third-order valence-corrected chi connectivity index (χ3v) is 5.21. The standard InChI is InChI=1S/C24H29N3O4/c1-17(25)22(24(29)30)26-23(28)21-10-8-19(9-11-21)3-2-18-4-6-20(7-5-18)16-27-12-14-31-15-13-27/h2-11,17,22H,12-16,25H2,1H3,(H,26,28)(H,29,30)/t17-,22+/m1/s1. The molecule has 3 rings (SSSR count). The number of rotatable bonds is 8. The van der Waals surface area contributed by atoms with Crippen LogP contribution in [0.1, 0.15) is 34.0 Å². The second kappa shape index (κ2) is 10.9. The lowest BCUT2D eigenvalue weighted by Crippen LogP contribution is -2.51. The molecule has 0 spiro atoms. The van der Waals surface area contributed by atoms with Gasteiger partial charge in [0.05, 0.1) is 13.2 Å². The van der Waals surface area contributed by atoms with Gasteiger partial charge in [-0.15, -0.1) is 0 Å².